The van der Waals surface area contributed by atoms with E-state index in [0.29, 0.717) is 24.1 Å². The van der Waals surface area contributed by atoms with E-state index in [1.54, 1.807) is 6.33 Å². The molecule has 0 aromatic carbocycles. The van der Waals surface area contributed by atoms with Crippen LogP contribution in [0.4, 0.5) is 11.6 Å². The van der Waals surface area contributed by atoms with Gasteiger partial charge in [0.1, 0.15) is 23.8 Å². The fraction of sp³-hybridized carbons (Fsp3) is 0.714. The second kappa shape index (κ2) is 11.1. The van der Waals surface area contributed by atoms with E-state index in [4.69, 9.17) is 14.7 Å². The highest BCUT2D eigenvalue weighted by Crippen LogP contribution is 2.40. The monoisotopic (exact) mass is 507 g/mol. The zero-order valence-corrected chi connectivity index (χ0v) is 22.2. The Morgan fingerprint density at radius 1 is 1.00 bits per heavy atom. The summed E-state index contributed by atoms with van der Waals surface area (Å²) in [5.74, 6) is 4.22. The summed E-state index contributed by atoms with van der Waals surface area (Å²) in [6, 6.07) is 0. The molecule has 1 unspecified atom stereocenters. The number of anilines is 2. The molecule has 37 heavy (non-hydrogen) atoms. The molecule has 1 atom stereocenters. The van der Waals surface area contributed by atoms with E-state index in [2.05, 4.69) is 37.8 Å². The summed E-state index contributed by atoms with van der Waals surface area (Å²) in [5, 5.41) is 2.97. The predicted octanol–water partition coefficient (Wildman–Crippen LogP) is 3.88. The third kappa shape index (κ3) is 5.25. The maximum absolute atomic E-state index is 12.2. The van der Waals surface area contributed by atoms with Gasteiger partial charge >= 0.3 is 0 Å². The van der Waals surface area contributed by atoms with Crippen molar-refractivity contribution in [2.75, 3.05) is 56.2 Å². The maximum Gasteiger partial charge on any atom is 0.226 e. The first kappa shape index (κ1) is 24.8. The molecule has 1 N–H and O–H groups in total. The lowest BCUT2D eigenvalue weighted by Crippen LogP contribution is -2.36. The Labute approximate surface area is 220 Å². The van der Waals surface area contributed by atoms with E-state index >= 15 is 0 Å². The van der Waals surface area contributed by atoms with Crippen LogP contribution in [0.5, 0.6) is 0 Å². The zero-order chi connectivity index (χ0) is 25.2. The number of hydrogen-bond donors (Lipinski definition) is 1. The number of nitrogens with one attached hydrogen (secondary N) is 1. The van der Waals surface area contributed by atoms with Crippen LogP contribution in [0.15, 0.2) is 12.5 Å². The van der Waals surface area contributed by atoms with Crippen molar-refractivity contribution in [2.24, 2.45) is 0 Å². The molecule has 3 fully saturated rings. The van der Waals surface area contributed by atoms with E-state index in [1.807, 2.05) is 0 Å². The Kier molecular flexibility index (Phi) is 7.42. The molecule has 6 rings (SSSR count). The number of rotatable bonds is 7. The zero-order valence-electron chi connectivity index (χ0n) is 22.2. The van der Waals surface area contributed by atoms with Crippen LogP contribution in [-0.4, -0.2) is 76.3 Å². The Hall–Kier alpha value is -2.52. The number of fused-ring (bicyclic) bond motifs is 1. The molecule has 0 saturated carbocycles. The smallest absolute Gasteiger partial charge is 0.226 e. The quantitative estimate of drug-likeness (QED) is 0.608. The molecule has 4 aliphatic heterocycles. The van der Waals surface area contributed by atoms with Gasteiger partial charge in [0, 0.05) is 69.4 Å². The van der Waals surface area contributed by atoms with Gasteiger partial charge in [-0.15, -0.1) is 0 Å². The molecule has 0 radical (unpaired) electrons. The highest BCUT2D eigenvalue weighted by molar-refractivity contribution is 5.94. The molecule has 9 heteroatoms. The number of carbonyl (C=O) groups excluding carboxylic acids is 1. The standard InChI is InChI=1S/C28H41N7O2/c1-2-20-17-24(36)32-26-25(20)28(30-19-29-26)34-11-5-22(6-12-34)27-31-23(21-7-15-37-16-8-21)18-35(27)14-13-33-9-3-4-10-33/h18-22H,2-17H2,1H3,(H,29,30,32,36). The molecule has 9 nitrogen and oxygen atoms in total. The van der Waals surface area contributed by atoms with Crippen molar-refractivity contribution in [3.63, 3.8) is 0 Å². The maximum atomic E-state index is 12.2. The number of aromatic nitrogens is 4. The van der Waals surface area contributed by atoms with Crippen LogP contribution in [0.1, 0.15) is 93.1 Å². The van der Waals surface area contributed by atoms with Crippen LogP contribution in [0.3, 0.4) is 0 Å². The molecule has 1 amide bonds. The van der Waals surface area contributed by atoms with Crippen molar-refractivity contribution >= 4 is 17.5 Å². The molecule has 4 aliphatic rings. The first-order valence-electron chi connectivity index (χ1n) is 14.5. The Bertz CT molecular complexity index is 1080. The number of hydrogen-bond acceptors (Lipinski definition) is 7. The number of imidazole rings is 1. The average Bonchev–Trinajstić information content (AvgIpc) is 3.62. The predicted molar refractivity (Wildman–Crippen MR) is 143 cm³/mol. The fourth-order valence-corrected chi connectivity index (χ4v) is 6.72. The molecule has 2 aromatic rings. The molecule has 3 saturated heterocycles. The number of nitrogens with zero attached hydrogens (tertiary/aromatic N) is 6. The highest BCUT2D eigenvalue weighted by atomic mass is 16.5. The van der Waals surface area contributed by atoms with Crippen molar-refractivity contribution in [3.8, 4) is 0 Å². The minimum absolute atomic E-state index is 0.0591. The lowest BCUT2D eigenvalue weighted by atomic mass is 9.89. The molecule has 0 bridgehead atoms. The lowest BCUT2D eigenvalue weighted by Gasteiger charge is -2.36. The molecule has 2 aromatic heterocycles. The van der Waals surface area contributed by atoms with Gasteiger partial charge in [-0.25, -0.2) is 15.0 Å². The van der Waals surface area contributed by atoms with Gasteiger partial charge in [0.05, 0.1) is 5.69 Å². The van der Waals surface area contributed by atoms with Gasteiger partial charge in [-0.1, -0.05) is 6.92 Å². The number of carbonyl (C=O) groups is 1. The summed E-state index contributed by atoms with van der Waals surface area (Å²) in [5.41, 5.74) is 2.39. The summed E-state index contributed by atoms with van der Waals surface area (Å²) in [6.45, 7) is 10.4. The van der Waals surface area contributed by atoms with Gasteiger partial charge < -0.3 is 24.4 Å². The van der Waals surface area contributed by atoms with Crippen molar-refractivity contribution < 1.29 is 9.53 Å². The van der Waals surface area contributed by atoms with Crippen LogP contribution >= 0.6 is 0 Å². The topological polar surface area (TPSA) is 88.4 Å². The normalized spacial score (nSPS) is 23.9. The minimum Gasteiger partial charge on any atom is -0.381 e. The van der Waals surface area contributed by atoms with Crippen LogP contribution in [-0.2, 0) is 16.1 Å². The first-order valence-corrected chi connectivity index (χ1v) is 14.5. The van der Waals surface area contributed by atoms with Crippen molar-refractivity contribution in [1.82, 2.24) is 24.4 Å². The Balaban J connectivity index is 1.19. The molecule has 0 aliphatic carbocycles. The molecule has 0 spiro atoms. The summed E-state index contributed by atoms with van der Waals surface area (Å²) >= 11 is 0. The largest absolute Gasteiger partial charge is 0.381 e. The highest BCUT2D eigenvalue weighted by Gasteiger charge is 2.33. The number of ether oxygens (including phenoxy) is 1. The van der Waals surface area contributed by atoms with Crippen molar-refractivity contribution in [2.45, 2.75) is 82.6 Å². The van der Waals surface area contributed by atoms with E-state index < -0.39 is 0 Å². The van der Waals surface area contributed by atoms with E-state index in [0.717, 1.165) is 82.9 Å². The van der Waals surface area contributed by atoms with E-state index in [9.17, 15) is 4.79 Å². The van der Waals surface area contributed by atoms with Crippen LogP contribution in [0.25, 0.3) is 0 Å². The Morgan fingerprint density at radius 2 is 1.78 bits per heavy atom. The average molecular weight is 508 g/mol. The lowest BCUT2D eigenvalue weighted by molar-refractivity contribution is -0.116. The van der Waals surface area contributed by atoms with Gasteiger partial charge in [-0.3, -0.25) is 4.79 Å². The second-order valence-electron chi connectivity index (χ2n) is 11.2. The minimum atomic E-state index is 0.0591. The summed E-state index contributed by atoms with van der Waals surface area (Å²) in [7, 11) is 0. The Morgan fingerprint density at radius 3 is 2.54 bits per heavy atom. The molecular formula is C28H41N7O2. The molecular weight excluding hydrogens is 466 g/mol. The summed E-state index contributed by atoms with van der Waals surface area (Å²) < 4.78 is 8.11. The van der Waals surface area contributed by atoms with E-state index in [-0.39, 0.29) is 11.8 Å². The van der Waals surface area contributed by atoms with Crippen LogP contribution in [0, 0.1) is 0 Å². The summed E-state index contributed by atoms with van der Waals surface area (Å²) in [4.78, 5) is 31.6. The molecule has 200 valence electrons. The third-order valence-corrected chi connectivity index (χ3v) is 8.93. The van der Waals surface area contributed by atoms with Crippen LogP contribution < -0.4 is 10.2 Å². The van der Waals surface area contributed by atoms with Gasteiger partial charge in [-0.2, -0.15) is 0 Å². The number of piperidine rings is 1. The molecule has 6 heterocycles. The van der Waals surface area contributed by atoms with Crippen molar-refractivity contribution in [1.29, 1.82) is 0 Å². The van der Waals surface area contributed by atoms with Gasteiger partial charge in [-0.05, 0) is 64.0 Å². The first-order chi connectivity index (χ1) is 18.2. The fourth-order valence-electron chi connectivity index (χ4n) is 6.72. The summed E-state index contributed by atoms with van der Waals surface area (Å²) in [6.07, 6.45) is 12.4. The van der Waals surface area contributed by atoms with E-state index in [1.165, 1.54) is 37.4 Å². The second-order valence-corrected chi connectivity index (χ2v) is 11.2. The SMILES string of the molecule is CCC1CC(=O)Nc2ncnc(N3CCC(c4nc(C5CCOCC5)cn4CCN4CCCC4)CC3)c21. The van der Waals surface area contributed by atoms with Gasteiger partial charge in [0.15, 0.2) is 0 Å². The number of amides is 1. The van der Waals surface area contributed by atoms with Crippen molar-refractivity contribution in [3.05, 3.63) is 29.6 Å². The van der Waals surface area contributed by atoms with Gasteiger partial charge in [0.25, 0.3) is 0 Å². The number of likely N-dealkylation sites (tertiary alicyclic amines) is 1. The third-order valence-electron chi connectivity index (χ3n) is 8.93. The van der Waals surface area contributed by atoms with Gasteiger partial charge in [0.2, 0.25) is 5.91 Å². The van der Waals surface area contributed by atoms with Crippen LogP contribution in [0.2, 0.25) is 0 Å².